The number of aromatic nitrogens is 3. The number of imidazole rings is 1. The molecule has 8 heteroatoms. The van der Waals surface area contributed by atoms with E-state index in [1.807, 2.05) is 20.8 Å². The molecule has 0 aliphatic rings. The number of fused-ring (bicyclic) bond motifs is 1. The number of rotatable bonds is 3. The van der Waals surface area contributed by atoms with Crippen molar-refractivity contribution < 1.29 is 14.1 Å². The van der Waals surface area contributed by atoms with Crippen molar-refractivity contribution in [3.8, 4) is 0 Å². The van der Waals surface area contributed by atoms with E-state index in [1.54, 1.807) is 41.8 Å². The molecule has 25 heavy (non-hydrogen) atoms. The van der Waals surface area contributed by atoms with Gasteiger partial charge in [0.15, 0.2) is 11.5 Å². The van der Waals surface area contributed by atoms with Gasteiger partial charge in [0.05, 0.1) is 5.52 Å². The van der Waals surface area contributed by atoms with E-state index in [2.05, 4.69) is 20.8 Å². The van der Waals surface area contributed by atoms with Crippen molar-refractivity contribution in [3.63, 3.8) is 0 Å². The standard InChI is InChI=1S/C17H19N5O3/c1-10-9-12(21-25-10)18-16(24)14-19-13(15(23)20-17(2,3)4)11-7-5-6-8-22(11)14/h5-9H,1-4H3,(H,20,23)(H,18,21,24). The predicted molar refractivity (Wildman–Crippen MR) is 91.6 cm³/mol. The molecule has 0 atom stereocenters. The fraction of sp³-hybridized carbons (Fsp3) is 0.294. The van der Waals surface area contributed by atoms with Gasteiger partial charge in [-0.25, -0.2) is 4.98 Å². The highest BCUT2D eigenvalue weighted by atomic mass is 16.5. The first-order valence-electron chi connectivity index (χ1n) is 7.79. The molecular weight excluding hydrogens is 322 g/mol. The molecule has 0 unspecified atom stereocenters. The maximum atomic E-state index is 12.6. The molecule has 0 spiro atoms. The predicted octanol–water partition coefficient (Wildman–Crippen LogP) is 2.41. The van der Waals surface area contributed by atoms with Gasteiger partial charge in [-0.3, -0.25) is 14.0 Å². The molecule has 0 aliphatic heterocycles. The number of carbonyl (C=O) groups excluding carboxylic acids is 2. The van der Waals surface area contributed by atoms with Crippen LogP contribution in [0.5, 0.6) is 0 Å². The van der Waals surface area contributed by atoms with Crippen molar-refractivity contribution >= 4 is 23.1 Å². The lowest BCUT2D eigenvalue weighted by Crippen LogP contribution is -2.40. The van der Waals surface area contributed by atoms with Crippen molar-refractivity contribution in [3.05, 3.63) is 47.7 Å². The summed E-state index contributed by atoms with van der Waals surface area (Å²) in [4.78, 5) is 29.3. The van der Waals surface area contributed by atoms with Crippen LogP contribution >= 0.6 is 0 Å². The van der Waals surface area contributed by atoms with Gasteiger partial charge in [0.25, 0.3) is 11.8 Å². The van der Waals surface area contributed by atoms with E-state index in [1.165, 1.54) is 0 Å². The van der Waals surface area contributed by atoms with Gasteiger partial charge in [-0.2, -0.15) is 0 Å². The Bertz CT molecular complexity index is 949. The number of pyridine rings is 1. The van der Waals surface area contributed by atoms with E-state index in [-0.39, 0.29) is 23.2 Å². The third-order valence-electron chi connectivity index (χ3n) is 3.32. The molecular formula is C17H19N5O3. The first-order chi connectivity index (χ1) is 11.7. The average molecular weight is 341 g/mol. The van der Waals surface area contributed by atoms with Gasteiger partial charge in [-0.1, -0.05) is 11.2 Å². The first kappa shape index (κ1) is 16.7. The molecule has 0 saturated heterocycles. The number of nitrogens with one attached hydrogen (secondary N) is 2. The van der Waals surface area contributed by atoms with Crippen LogP contribution in [-0.4, -0.2) is 31.9 Å². The summed E-state index contributed by atoms with van der Waals surface area (Å²) in [6.45, 7) is 7.36. The molecule has 130 valence electrons. The SMILES string of the molecule is Cc1cc(NC(=O)c2nc(C(=O)NC(C)(C)C)c3ccccn23)no1. The van der Waals surface area contributed by atoms with E-state index in [0.717, 1.165) is 0 Å². The molecule has 0 aromatic carbocycles. The largest absolute Gasteiger partial charge is 0.360 e. The van der Waals surface area contributed by atoms with Gasteiger partial charge >= 0.3 is 0 Å². The Morgan fingerprint density at radius 3 is 2.60 bits per heavy atom. The molecule has 2 N–H and O–H groups in total. The minimum absolute atomic E-state index is 0.0929. The Balaban J connectivity index is 1.98. The van der Waals surface area contributed by atoms with E-state index in [0.29, 0.717) is 11.3 Å². The number of carbonyl (C=O) groups is 2. The van der Waals surface area contributed by atoms with Crippen LogP contribution in [0.15, 0.2) is 35.0 Å². The smallest absolute Gasteiger partial charge is 0.293 e. The highest BCUT2D eigenvalue weighted by Crippen LogP contribution is 2.16. The summed E-state index contributed by atoms with van der Waals surface area (Å²) in [6.07, 6.45) is 1.68. The van der Waals surface area contributed by atoms with E-state index in [9.17, 15) is 9.59 Å². The number of hydrogen-bond donors (Lipinski definition) is 2. The molecule has 3 aromatic heterocycles. The maximum absolute atomic E-state index is 12.6. The lowest BCUT2D eigenvalue weighted by atomic mass is 10.1. The van der Waals surface area contributed by atoms with Crippen molar-refractivity contribution in [2.24, 2.45) is 0 Å². The Kier molecular flexibility index (Phi) is 4.03. The fourth-order valence-corrected chi connectivity index (χ4v) is 2.36. The molecule has 2 amide bonds. The van der Waals surface area contributed by atoms with Gasteiger partial charge in [-0.05, 0) is 39.8 Å². The van der Waals surface area contributed by atoms with E-state index < -0.39 is 11.4 Å². The molecule has 8 nitrogen and oxygen atoms in total. The summed E-state index contributed by atoms with van der Waals surface area (Å²) in [6, 6.07) is 6.88. The van der Waals surface area contributed by atoms with Crippen LogP contribution in [-0.2, 0) is 0 Å². The maximum Gasteiger partial charge on any atom is 0.293 e. The molecule has 0 fully saturated rings. The Labute approximate surface area is 144 Å². The van der Waals surface area contributed by atoms with Gasteiger partial charge in [0.1, 0.15) is 5.76 Å². The first-order valence-corrected chi connectivity index (χ1v) is 7.79. The number of amides is 2. The molecule has 0 radical (unpaired) electrons. The molecule has 3 aromatic rings. The zero-order valence-electron chi connectivity index (χ0n) is 14.5. The minimum Gasteiger partial charge on any atom is -0.360 e. The van der Waals surface area contributed by atoms with Gasteiger partial charge < -0.3 is 15.2 Å². The lowest BCUT2D eigenvalue weighted by molar-refractivity contribution is 0.0916. The number of nitrogens with zero attached hydrogens (tertiary/aromatic N) is 3. The fourth-order valence-electron chi connectivity index (χ4n) is 2.36. The summed E-state index contributed by atoms with van der Waals surface area (Å²) in [7, 11) is 0. The van der Waals surface area contributed by atoms with Crippen LogP contribution in [0.1, 0.15) is 47.6 Å². The average Bonchev–Trinajstić information content (AvgIpc) is 3.09. The molecule has 0 saturated carbocycles. The summed E-state index contributed by atoms with van der Waals surface area (Å²) in [5.41, 5.74) is 0.324. The van der Waals surface area contributed by atoms with Crippen LogP contribution in [0, 0.1) is 6.92 Å². The third-order valence-corrected chi connectivity index (χ3v) is 3.32. The van der Waals surface area contributed by atoms with Crippen molar-refractivity contribution in [2.75, 3.05) is 5.32 Å². The van der Waals surface area contributed by atoms with Crippen LogP contribution in [0.4, 0.5) is 5.82 Å². The second-order valence-electron chi connectivity index (χ2n) is 6.72. The monoisotopic (exact) mass is 341 g/mol. The zero-order chi connectivity index (χ0) is 18.2. The van der Waals surface area contributed by atoms with Crippen molar-refractivity contribution in [1.29, 1.82) is 0 Å². The molecule has 0 aliphatic carbocycles. The topological polar surface area (TPSA) is 102 Å². The van der Waals surface area contributed by atoms with Gasteiger partial charge in [-0.15, -0.1) is 0 Å². The Morgan fingerprint density at radius 2 is 1.96 bits per heavy atom. The quantitative estimate of drug-likeness (QED) is 0.762. The number of anilines is 1. The second kappa shape index (κ2) is 6.04. The van der Waals surface area contributed by atoms with Crippen LogP contribution in [0.3, 0.4) is 0 Å². The summed E-state index contributed by atoms with van der Waals surface area (Å²) < 4.78 is 6.50. The molecule has 3 heterocycles. The van der Waals surface area contributed by atoms with Gasteiger partial charge in [0.2, 0.25) is 5.82 Å². The third kappa shape index (κ3) is 3.52. The Hall–Kier alpha value is -3.16. The summed E-state index contributed by atoms with van der Waals surface area (Å²) >= 11 is 0. The number of aryl methyl sites for hydroxylation is 1. The van der Waals surface area contributed by atoms with Crippen molar-refractivity contribution in [1.82, 2.24) is 19.9 Å². The van der Waals surface area contributed by atoms with Crippen molar-refractivity contribution in [2.45, 2.75) is 33.2 Å². The van der Waals surface area contributed by atoms with Crippen LogP contribution in [0.2, 0.25) is 0 Å². The highest BCUT2D eigenvalue weighted by Gasteiger charge is 2.24. The van der Waals surface area contributed by atoms with Gasteiger partial charge in [0, 0.05) is 17.8 Å². The highest BCUT2D eigenvalue weighted by molar-refractivity contribution is 6.05. The van der Waals surface area contributed by atoms with E-state index >= 15 is 0 Å². The summed E-state index contributed by atoms with van der Waals surface area (Å²) in [5.74, 6) is 0.136. The zero-order valence-corrected chi connectivity index (χ0v) is 14.5. The minimum atomic E-state index is -0.482. The molecule has 3 rings (SSSR count). The molecule has 0 bridgehead atoms. The van der Waals surface area contributed by atoms with E-state index in [4.69, 9.17) is 4.52 Å². The van der Waals surface area contributed by atoms with Crippen LogP contribution < -0.4 is 10.6 Å². The summed E-state index contributed by atoms with van der Waals surface area (Å²) in [5, 5.41) is 9.20. The second-order valence-corrected chi connectivity index (χ2v) is 6.72. The normalized spacial score (nSPS) is 11.5. The number of hydrogen-bond acceptors (Lipinski definition) is 5. The van der Waals surface area contributed by atoms with Crippen LogP contribution in [0.25, 0.3) is 5.52 Å². The Morgan fingerprint density at radius 1 is 1.20 bits per heavy atom. The lowest BCUT2D eigenvalue weighted by Gasteiger charge is -2.19.